The molecule has 0 unspecified atom stereocenters. The predicted octanol–water partition coefficient (Wildman–Crippen LogP) is 3.23. The zero-order chi connectivity index (χ0) is 16.3. The van der Waals surface area contributed by atoms with Crippen molar-refractivity contribution in [3.05, 3.63) is 23.9 Å². The van der Waals surface area contributed by atoms with Crippen molar-refractivity contribution < 1.29 is 18.1 Å². The lowest BCUT2D eigenvalue weighted by atomic mass is 10.2. The van der Waals surface area contributed by atoms with Crippen LogP contribution in [0.4, 0.5) is 8.78 Å². The monoisotopic (exact) mass is 320 g/mol. The number of alkyl halides is 2. The topological polar surface area (TPSA) is 57.2 Å². The molecule has 0 bridgehead atoms. The van der Waals surface area contributed by atoms with Gasteiger partial charge in [-0.25, -0.2) is 13.8 Å². The average Bonchev–Trinajstić information content (AvgIpc) is 2.35. The average molecular weight is 320 g/mol. The number of rotatable bonds is 6. The van der Waals surface area contributed by atoms with Crippen LogP contribution in [-0.2, 0) is 11.4 Å². The number of nitrogens with zero attached hydrogens (tertiary/aromatic N) is 1. The highest BCUT2D eigenvalue weighted by molar-refractivity contribution is 7.90. The van der Waals surface area contributed by atoms with Crippen molar-refractivity contribution in [3.63, 3.8) is 0 Å². The molecule has 0 amide bonds. The van der Waals surface area contributed by atoms with Crippen LogP contribution >= 0.6 is 0 Å². The molecule has 1 aromatic rings. The number of hydrogen-bond acceptors (Lipinski definition) is 4. The molecule has 1 heterocycles. The molecule has 0 fully saturated rings. The van der Waals surface area contributed by atoms with Crippen LogP contribution in [0.15, 0.2) is 18.3 Å². The highest BCUT2D eigenvalue weighted by Gasteiger charge is 2.28. The summed E-state index contributed by atoms with van der Waals surface area (Å²) in [6, 6.07) is 3.08. The second-order valence-corrected chi connectivity index (χ2v) is 8.01. The van der Waals surface area contributed by atoms with Crippen molar-refractivity contribution in [2.24, 2.45) is 0 Å². The van der Waals surface area contributed by atoms with Crippen LogP contribution in [0.3, 0.4) is 0 Å². The fourth-order valence-electron chi connectivity index (χ4n) is 1.34. The number of ether oxygens (including phenoxy) is 1. The summed E-state index contributed by atoms with van der Waals surface area (Å²) in [4.78, 5) is 3.98. The minimum Gasteiger partial charge on any atom is -0.598 e. The molecule has 1 rings (SSSR count). The smallest absolute Gasteiger partial charge is 0.278 e. The first-order chi connectivity index (χ1) is 9.49. The van der Waals surface area contributed by atoms with Crippen molar-refractivity contribution in [3.8, 4) is 5.88 Å². The molecule has 0 aromatic carbocycles. The molecule has 1 aromatic heterocycles. The van der Waals surface area contributed by atoms with Crippen LogP contribution in [0.5, 0.6) is 5.88 Å². The first kappa shape index (κ1) is 18.1. The summed E-state index contributed by atoms with van der Waals surface area (Å²) >= 11 is -1.20. The minimum absolute atomic E-state index is 0.143. The Morgan fingerprint density at radius 3 is 2.38 bits per heavy atom. The van der Waals surface area contributed by atoms with Gasteiger partial charge in [0.25, 0.3) is 5.92 Å². The molecule has 1 N–H and O–H groups in total. The van der Waals surface area contributed by atoms with Gasteiger partial charge in [-0.2, -0.15) is 0 Å². The Kier molecular flexibility index (Phi) is 5.95. The molecule has 4 nitrogen and oxygen atoms in total. The van der Waals surface area contributed by atoms with E-state index in [1.54, 1.807) is 6.07 Å². The van der Waals surface area contributed by atoms with Gasteiger partial charge >= 0.3 is 0 Å². The molecular weight excluding hydrogens is 298 g/mol. The second kappa shape index (κ2) is 6.89. The van der Waals surface area contributed by atoms with E-state index in [1.807, 2.05) is 27.7 Å². The Balaban J connectivity index is 2.61. The third-order valence-electron chi connectivity index (χ3n) is 2.57. The van der Waals surface area contributed by atoms with Gasteiger partial charge in [-0.3, -0.25) is 0 Å². The summed E-state index contributed by atoms with van der Waals surface area (Å²) < 4.78 is 44.9. The Hall–Kier alpha value is -0.920. The zero-order valence-corrected chi connectivity index (χ0v) is 13.8. The highest BCUT2D eigenvalue weighted by Crippen LogP contribution is 2.21. The number of nitrogens with one attached hydrogen (secondary N) is 1. The van der Waals surface area contributed by atoms with Gasteiger partial charge in [0.2, 0.25) is 5.88 Å². The van der Waals surface area contributed by atoms with Gasteiger partial charge in [0.1, 0.15) is 4.75 Å². The molecular formula is C14H22F2N2O2S. The largest absolute Gasteiger partial charge is 0.598 e. The van der Waals surface area contributed by atoms with Gasteiger partial charge in [0.15, 0.2) is 6.61 Å². The maximum atomic E-state index is 12.7. The normalized spacial score (nSPS) is 15.6. The third kappa shape index (κ3) is 6.58. The molecule has 120 valence electrons. The van der Waals surface area contributed by atoms with Crippen LogP contribution in [0, 0.1) is 0 Å². The van der Waals surface area contributed by atoms with Crippen LogP contribution in [-0.4, -0.2) is 26.8 Å². The van der Waals surface area contributed by atoms with Crippen LogP contribution in [0.2, 0.25) is 0 Å². The quantitative estimate of drug-likeness (QED) is 0.818. The first-order valence-electron chi connectivity index (χ1n) is 6.64. The molecule has 0 spiro atoms. The van der Waals surface area contributed by atoms with Crippen LogP contribution in [0.25, 0.3) is 0 Å². The molecule has 2 atom stereocenters. The summed E-state index contributed by atoms with van der Waals surface area (Å²) in [5.41, 5.74) is 0.809. The SMILES string of the molecule is C[C@@H](N[S@+]([O-])C(C)(C)C)c1ccc(OCC(C)(F)F)nc1. The molecule has 0 saturated heterocycles. The Morgan fingerprint density at radius 1 is 1.33 bits per heavy atom. The first-order valence-corrected chi connectivity index (χ1v) is 7.78. The van der Waals surface area contributed by atoms with Crippen molar-refractivity contribution in [1.82, 2.24) is 9.71 Å². The maximum Gasteiger partial charge on any atom is 0.278 e. The van der Waals surface area contributed by atoms with Gasteiger partial charge in [-0.15, -0.1) is 4.72 Å². The van der Waals surface area contributed by atoms with Crippen molar-refractivity contribution in [1.29, 1.82) is 0 Å². The summed E-state index contributed by atoms with van der Waals surface area (Å²) in [5.74, 6) is -2.75. The summed E-state index contributed by atoms with van der Waals surface area (Å²) in [5, 5.41) is 0. The molecule has 0 saturated carbocycles. The van der Waals surface area contributed by atoms with Crippen LogP contribution in [0.1, 0.15) is 46.2 Å². The fourth-order valence-corrected chi connectivity index (χ4v) is 2.15. The van der Waals surface area contributed by atoms with Gasteiger partial charge < -0.3 is 9.29 Å². The number of halogens is 2. The molecule has 0 aliphatic rings. The lowest BCUT2D eigenvalue weighted by molar-refractivity contribution is -0.0242. The summed E-state index contributed by atoms with van der Waals surface area (Å²) in [6.07, 6.45) is 1.53. The fraction of sp³-hybridized carbons (Fsp3) is 0.643. The van der Waals surface area contributed by atoms with E-state index in [1.165, 1.54) is 12.3 Å². The number of aromatic nitrogens is 1. The van der Waals surface area contributed by atoms with Crippen molar-refractivity contribution in [2.75, 3.05) is 6.61 Å². The lowest BCUT2D eigenvalue weighted by Gasteiger charge is -2.26. The van der Waals surface area contributed by atoms with E-state index in [0.29, 0.717) is 0 Å². The third-order valence-corrected chi connectivity index (χ3v) is 4.25. The molecule has 7 heteroatoms. The summed E-state index contributed by atoms with van der Waals surface area (Å²) in [6.45, 7) is 7.58. The molecule has 21 heavy (non-hydrogen) atoms. The molecule has 0 aliphatic carbocycles. The van der Waals surface area contributed by atoms with Gasteiger partial charge in [0, 0.05) is 30.5 Å². The van der Waals surface area contributed by atoms with E-state index >= 15 is 0 Å². The number of pyridine rings is 1. The Bertz CT molecular complexity index is 444. The Morgan fingerprint density at radius 2 is 1.95 bits per heavy atom. The van der Waals surface area contributed by atoms with E-state index in [9.17, 15) is 13.3 Å². The molecule has 0 aliphatic heterocycles. The molecule has 0 radical (unpaired) electrons. The predicted molar refractivity (Wildman–Crippen MR) is 79.8 cm³/mol. The highest BCUT2D eigenvalue weighted by atomic mass is 32.2. The van der Waals surface area contributed by atoms with E-state index in [-0.39, 0.29) is 16.7 Å². The number of hydrogen-bond donors (Lipinski definition) is 1. The van der Waals surface area contributed by atoms with Crippen molar-refractivity contribution >= 4 is 11.4 Å². The van der Waals surface area contributed by atoms with E-state index in [2.05, 4.69) is 9.71 Å². The summed E-state index contributed by atoms with van der Waals surface area (Å²) in [7, 11) is 0. The lowest BCUT2D eigenvalue weighted by Crippen LogP contribution is -2.40. The van der Waals surface area contributed by atoms with Gasteiger partial charge in [0.05, 0.1) is 6.04 Å². The second-order valence-electron chi connectivity index (χ2n) is 6.01. The zero-order valence-electron chi connectivity index (χ0n) is 12.9. The van der Waals surface area contributed by atoms with Gasteiger partial charge in [-0.05, 0) is 33.3 Å². The van der Waals surface area contributed by atoms with E-state index in [0.717, 1.165) is 12.5 Å². The Labute approximate surface area is 127 Å². The maximum absolute atomic E-state index is 12.7. The minimum atomic E-state index is -2.89. The van der Waals surface area contributed by atoms with Crippen molar-refractivity contribution in [2.45, 2.75) is 51.3 Å². The van der Waals surface area contributed by atoms with Gasteiger partial charge in [-0.1, -0.05) is 6.07 Å². The van der Waals surface area contributed by atoms with Crippen LogP contribution < -0.4 is 9.46 Å². The standard InChI is InChI=1S/C14H22F2N2O2S/c1-10(18-21(19)13(2,3)4)11-6-7-12(17-8-11)20-9-14(5,15)16/h6-8,10,18H,9H2,1-5H3/t10-,21-/m1/s1. The van der Waals surface area contributed by atoms with E-state index < -0.39 is 23.9 Å². The van der Waals surface area contributed by atoms with E-state index in [4.69, 9.17) is 4.74 Å².